The van der Waals surface area contributed by atoms with Crippen LogP contribution in [0.4, 0.5) is 18.9 Å². The quantitative estimate of drug-likeness (QED) is 0.381. The van der Waals surface area contributed by atoms with Gasteiger partial charge in [0.2, 0.25) is 0 Å². The fourth-order valence-corrected chi connectivity index (χ4v) is 4.51. The second-order valence-electron chi connectivity index (χ2n) is 6.69. The highest BCUT2D eigenvalue weighted by molar-refractivity contribution is 7.92. The number of carbonyl (C=O) groups is 1. The van der Waals surface area contributed by atoms with Gasteiger partial charge in [0.15, 0.2) is 0 Å². The van der Waals surface area contributed by atoms with Crippen LogP contribution in [-0.2, 0) is 21.0 Å². The number of hydrazone groups is 1. The van der Waals surface area contributed by atoms with Crippen molar-refractivity contribution in [2.24, 2.45) is 5.10 Å². The number of hydrogen-bond donors (Lipinski definition) is 1. The molecule has 0 radical (unpaired) electrons. The Balaban J connectivity index is 1.97. The highest BCUT2D eigenvalue weighted by Crippen LogP contribution is 2.37. The Morgan fingerprint density at radius 3 is 2.21 bits per heavy atom. The maximum absolute atomic E-state index is 13.3. The molecule has 3 aromatic carbocycles. The average Bonchev–Trinajstić information content (AvgIpc) is 2.78. The highest BCUT2D eigenvalue weighted by atomic mass is 35.5. The van der Waals surface area contributed by atoms with Gasteiger partial charge in [0.05, 0.1) is 27.4 Å². The summed E-state index contributed by atoms with van der Waals surface area (Å²) in [5, 5.41) is 3.49. The van der Waals surface area contributed by atoms with Crippen molar-refractivity contribution in [3.05, 3.63) is 95.0 Å². The molecular formula is C22H17ClF3N3O3S. The fourth-order valence-electron chi connectivity index (χ4n) is 2.78. The number of alkyl halides is 3. The zero-order chi connectivity index (χ0) is 24.1. The molecule has 0 atom stereocenters. The van der Waals surface area contributed by atoms with Gasteiger partial charge in [-0.05, 0) is 35.9 Å². The molecule has 172 valence electrons. The van der Waals surface area contributed by atoms with Gasteiger partial charge in [0.1, 0.15) is 6.54 Å². The second kappa shape index (κ2) is 10.1. The topological polar surface area (TPSA) is 78.8 Å². The highest BCUT2D eigenvalue weighted by Gasteiger charge is 2.34. The molecule has 0 aliphatic rings. The van der Waals surface area contributed by atoms with Gasteiger partial charge in [-0.3, -0.25) is 9.10 Å². The summed E-state index contributed by atoms with van der Waals surface area (Å²) in [6.07, 6.45) is -3.41. The number of carbonyl (C=O) groups excluding carboxylic acids is 1. The third-order valence-corrected chi connectivity index (χ3v) is 6.46. The summed E-state index contributed by atoms with van der Waals surface area (Å²) in [4.78, 5) is 12.3. The molecule has 0 aromatic heterocycles. The fraction of sp³-hybridized carbons (Fsp3) is 0.0909. The summed E-state index contributed by atoms with van der Waals surface area (Å²) in [7, 11) is -4.44. The lowest BCUT2D eigenvalue weighted by atomic mass is 10.2. The molecule has 0 heterocycles. The van der Waals surface area contributed by atoms with Crippen LogP contribution in [0.3, 0.4) is 0 Å². The van der Waals surface area contributed by atoms with Crippen LogP contribution in [0, 0.1) is 0 Å². The molecular weight excluding hydrogens is 479 g/mol. The van der Waals surface area contributed by atoms with Crippen molar-refractivity contribution in [1.29, 1.82) is 0 Å². The Morgan fingerprint density at radius 2 is 1.61 bits per heavy atom. The van der Waals surface area contributed by atoms with Gasteiger partial charge in [0.25, 0.3) is 15.9 Å². The van der Waals surface area contributed by atoms with Crippen LogP contribution in [0.2, 0.25) is 5.02 Å². The van der Waals surface area contributed by atoms with Gasteiger partial charge in [-0.25, -0.2) is 13.8 Å². The van der Waals surface area contributed by atoms with E-state index in [9.17, 15) is 26.4 Å². The number of benzene rings is 3. The minimum Gasteiger partial charge on any atom is -0.271 e. The Labute approximate surface area is 193 Å². The van der Waals surface area contributed by atoms with Crippen molar-refractivity contribution in [1.82, 2.24) is 5.43 Å². The van der Waals surface area contributed by atoms with E-state index in [0.29, 0.717) is 15.9 Å². The molecule has 0 saturated carbocycles. The van der Waals surface area contributed by atoms with E-state index in [1.54, 1.807) is 36.4 Å². The van der Waals surface area contributed by atoms with Gasteiger partial charge >= 0.3 is 6.18 Å². The van der Waals surface area contributed by atoms with Crippen LogP contribution in [0.15, 0.2) is 88.9 Å². The van der Waals surface area contributed by atoms with Crippen LogP contribution in [0.1, 0.15) is 11.1 Å². The number of nitrogens with one attached hydrogen (secondary N) is 1. The van der Waals surface area contributed by atoms with Crippen LogP contribution in [0.25, 0.3) is 0 Å². The summed E-state index contributed by atoms with van der Waals surface area (Å²) in [6.45, 7) is -0.857. The lowest BCUT2D eigenvalue weighted by Crippen LogP contribution is -2.40. The molecule has 0 bridgehead atoms. The van der Waals surface area contributed by atoms with Crippen LogP contribution < -0.4 is 9.73 Å². The number of anilines is 1. The van der Waals surface area contributed by atoms with E-state index in [-0.39, 0.29) is 9.92 Å². The van der Waals surface area contributed by atoms with Gasteiger partial charge in [-0.1, -0.05) is 60.1 Å². The zero-order valence-electron chi connectivity index (χ0n) is 16.8. The van der Waals surface area contributed by atoms with Crippen LogP contribution >= 0.6 is 11.6 Å². The normalized spacial score (nSPS) is 12.0. The zero-order valence-corrected chi connectivity index (χ0v) is 18.4. The lowest BCUT2D eigenvalue weighted by molar-refractivity contribution is -0.137. The standard InChI is InChI=1S/C22H17ClF3N3O3S/c23-19-12-11-17(22(24,25)26)13-20(19)29(33(31,32)18-9-5-2-6-10-18)15-21(30)28-27-14-16-7-3-1-4-8-16/h1-14H,15H2,(H,28,30)/b27-14-. The molecule has 3 rings (SSSR count). The summed E-state index contributed by atoms with van der Waals surface area (Å²) >= 11 is 6.07. The number of nitrogens with zero attached hydrogens (tertiary/aromatic N) is 2. The van der Waals surface area contributed by atoms with Gasteiger partial charge in [-0.15, -0.1) is 0 Å². The van der Waals surface area contributed by atoms with Crippen molar-refractivity contribution in [3.63, 3.8) is 0 Å². The Hall–Kier alpha value is -3.37. The molecule has 33 heavy (non-hydrogen) atoms. The van der Waals surface area contributed by atoms with E-state index in [0.717, 1.165) is 12.1 Å². The van der Waals surface area contributed by atoms with Crippen molar-refractivity contribution in [2.75, 3.05) is 10.8 Å². The van der Waals surface area contributed by atoms with Gasteiger partial charge < -0.3 is 0 Å². The van der Waals surface area contributed by atoms with Crippen molar-refractivity contribution in [3.8, 4) is 0 Å². The summed E-state index contributed by atoms with van der Waals surface area (Å²) in [5.74, 6) is -0.879. The molecule has 3 aromatic rings. The van der Waals surface area contributed by atoms with Crippen molar-refractivity contribution in [2.45, 2.75) is 11.1 Å². The molecule has 0 aliphatic heterocycles. The summed E-state index contributed by atoms with van der Waals surface area (Å²) < 4.78 is 66.8. The van der Waals surface area contributed by atoms with Crippen molar-refractivity contribution < 1.29 is 26.4 Å². The molecule has 0 aliphatic carbocycles. The summed E-state index contributed by atoms with van der Waals surface area (Å²) in [5.41, 5.74) is 1.25. The van der Waals surface area contributed by atoms with Crippen LogP contribution in [-0.4, -0.2) is 27.1 Å². The first-order valence-electron chi connectivity index (χ1n) is 9.40. The van der Waals surface area contributed by atoms with E-state index in [4.69, 9.17) is 11.6 Å². The molecule has 0 fully saturated rings. The number of hydrogen-bond acceptors (Lipinski definition) is 4. The average molecular weight is 496 g/mol. The number of amides is 1. The predicted molar refractivity (Wildman–Crippen MR) is 120 cm³/mol. The van der Waals surface area contributed by atoms with E-state index in [1.165, 1.54) is 30.5 Å². The molecule has 6 nitrogen and oxygen atoms in total. The van der Waals surface area contributed by atoms with E-state index >= 15 is 0 Å². The van der Waals surface area contributed by atoms with E-state index in [1.807, 2.05) is 0 Å². The number of rotatable bonds is 7. The third-order valence-electron chi connectivity index (χ3n) is 4.36. The smallest absolute Gasteiger partial charge is 0.271 e. The first-order valence-corrected chi connectivity index (χ1v) is 11.2. The van der Waals surface area contributed by atoms with Gasteiger partial charge in [0, 0.05) is 0 Å². The maximum Gasteiger partial charge on any atom is 0.416 e. The van der Waals surface area contributed by atoms with Crippen LogP contribution in [0.5, 0.6) is 0 Å². The lowest BCUT2D eigenvalue weighted by Gasteiger charge is -2.25. The first-order chi connectivity index (χ1) is 15.6. The molecule has 1 amide bonds. The Kier molecular flexibility index (Phi) is 7.39. The molecule has 11 heteroatoms. The third kappa shape index (κ3) is 6.11. The van der Waals surface area contributed by atoms with E-state index in [2.05, 4.69) is 10.5 Å². The SMILES string of the molecule is O=C(CN(c1cc(C(F)(F)F)ccc1Cl)S(=O)(=O)c1ccccc1)N/N=C\c1ccccc1. The minimum atomic E-state index is -4.75. The van der Waals surface area contributed by atoms with Gasteiger partial charge in [-0.2, -0.15) is 18.3 Å². The van der Waals surface area contributed by atoms with Crippen molar-refractivity contribution >= 4 is 39.4 Å². The predicted octanol–water partition coefficient (Wildman–Crippen LogP) is 4.70. The van der Waals surface area contributed by atoms with E-state index < -0.39 is 39.9 Å². The Morgan fingerprint density at radius 1 is 1.00 bits per heavy atom. The summed E-state index contributed by atoms with van der Waals surface area (Å²) in [6, 6.07) is 18.0. The molecule has 0 saturated heterocycles. The largest absolute Gasteiger partial charge is 0.416 e. The number of sulfonamides is 1. The molecule has 0 spiro atoms. The monoisotopic (exact) mass is 495 g/mol. The first kappa shape index (κ1) is 24.3. The minimum absolute atomic E-state index is 0.223. The molecule has 1 N–H and O–H groups in total. The Bertz CT molecular complexity index is 1250. The molecule has 0 unspecified atom stereocenters. The second-order valence-corrected chi connectivity index (χ2v) is 8.96. The maximum atomic E-state index is 13.3. The number of halogens is 4.